The van der Waals surface area contributed by atoms with Gasteiger partial charge in [-0.3, -0.25) is 9.59 Å². The second-order valence-electron chi connectivity index (χ2n) is 5.29. The van der Waals surface area contributed by atoms with Gasteiger partial charge in [0.25, 0.3) is 0 Å². The minimum Gasteiger partial charge on any atom is -0.480 e. The summed E-state index contributed by atoms with van der Waals surface area (Å²) < 4.78 is 23.3. The molecule has 7 heteroatoms. The van der Waals surface area contributed by atoms with Gasteiger partial charge in [-0.25, -0.2) is 8.42 Å². The largest absolute Gasteiger partial charge is 0.480 e. The maximum atomic E-state index is 11.9. The van der Waals surface area contributed by atoms with E-state index in [9.17, 15) is 23.1 Å². The number of nitrogens with one attached hydrogen (secondary N) is 1. The molecule has 1 rings (SSSR count). The van der Waals surface area contributed by atoms with E-state index in [-0.39, 0.29) is 24.0 Å². The van der Waals surface area contributed by atoms with Gasteiger partial charge in [-0.1, -0.05) is 6.92 Å². The Bertz CT molecular complexity index is 455. The second kappa shape index (κ2) is 5.90. The van der Waals surface area contributed by atoms with Crippen LogP contribution in [0.1, 0.15) is 39.5 Å². The van der Waals surface area contributed by atoms with Crippen LogP contribution in [0.5, 0.6) is 0 Å². The number of amides is 1. The van der Waals surface area contributed by atoms with Crippen molar-refractivity contribution < 1.29 is 23.1 Å². The Balaban J connectivity index is 2.70. The number of hydrogen-bond donors (Lipinski definition) is 2. The van der Waals surface area contributed by atoms with Crippen molar-refractivity contribution >= 4 is 21.7 Å². The summed E-state index contributed by atoms with van der Waals surface area (Å²) in [5, 5.41) is 11.8. The summed E-state index contributed by atoms with van der Waals surface area (Å²) >= 11 is 0. The Labute approximate surface area is 113 Å². The fraction of sp³-hybridized carbons (Fsp3) is 0.833. The number of carbonyl (C=O) groups is 2. The van der Waals surface area contributed by atoms with E-state index in [1.54, 1.807) is 6.92 Å². The van der Waals surface area contributed by atoms with Crippen LogP contribution in [0, 0.1) is 5.41 Å². The monoisotopic (exact) mass is 291 g/mol. The van der Waals surface area contributed by atoms with Crippen LogP contribution in [0.3, 0.4) is 0 Å². The van der Waals surface area contributed by atoms with Crippen LogP contribution in [0.4, 0.5) is 0 Å². The van der Waals surface area contributed by atoms with Crippen molar-refractivity contribution in [3.05, 3.63) is 0 Å². The molecule has 0 spiro atoms. The van der Waals surface area contributed by atoms with Crippen LogP contribution in [-0.2, 0) is 19.4 Å². The predicted molar refractivity (Wildman–Crippen MR) is 70.5 cm³/mol. The molecular formula is C12H21NO5S. The van der Waals surface area contributed by atoms with E-state index in [0.717, 1.165) is 12.8 Å². The third kappa shape index (κ3) is 4.49. The summed E-state index contributed by atoms with van der Waals surface area (Å²) in [5.74, 6) is -2.12. The molecule has 0 saturated heterocycles. The quantitative estimate of drug-likeness (QED) is 0.637. The van der Waals surface area contributed by atoms with Crippen molar-refractivity contribution in [1.82, 2.24) is 5.32 Å². The van der Waals surface area contributed by atoms with Crippen molar-refractivity contribution in [2.24, 2.45) is 5.41 Å². The molecule has 1 unspecified atom stereocenters. The van der Waals surface area contributed by atoms with Crippen LogP contribution < -0.4 is 5.32 Å². The van der Waals surface area contributed by atoms with Gasteiger partial charge in [0.1, 0.15) is 15.3 Å². The molecule has 6 nitrogen and oxygen atoms in total. The Morgan fingerprint density at radius 1 is 1.32 bits per heavy atom. The molecule has 1 aliphatic rings. The second-order valence-corrected chi connectivity index (χ2v) is 7.59. The van der Waals surface area contributed by atoms with Crippen LogP contribution >= 0.6 is 0 Å². The molecular weight excluding hydrogens is 270 g/mol. The molecule has 1 saturated carbocycles. The first kappa shape index (κ1) is 15.9. The van der Waals surface area contributed by atoms with Crippen LogP contribution in [0.15, 0.2) is 0 Å². The molecule has 0 radical (unpaired) electrons. The predicted octanol–water partition coefficient (Wildman–Crippen LogP) is 0.571. The SMILES string of the molecule is CCCS(=O)(=O)CCC(C)(C(=O)O)C(=O)NC1CC1. The van der Waals surface area contributed by atoms with Crippen molar-refractivity contribution in [2.45, 2.75) is 45.6 Å². The van der Waals surface area contributed by atoms with Crippen LogP contribution in [0.25, 0.3) is 0 Å². The lowest BCUT2D eigenvalue weighted by molar-refractivity contribution is -0.154. The summed E-state index contributed by atoms with van der Waals surface area (Å²) in [6, 6.07) is 0.0541. The summed E-state index contributed by atoms with van der Waals surface area (Å²) in [5.41, 5.74) is -1.68. The molecule has 1 amide bonds. The molecule has 1 fully saturated rings. The normalized spacial score (nSPS) is 18.6. The van der Waals surface area contributed by atoms with Crippen LogP contribution in [-0.4, -0.2) is 42.9 Å². The van der Waals surface area contributed by atoms with Gasteiger partial charge in [-0.05, 0) is 32.6 Å². The summed E-state index contributed by atoms with van der Waals surface area (Å²) in [6.07, 6.45) is 2.01. The first-order valence-electron chi connectivity index (χ1n) is 6.46. The van der Waals surface area contributed by atoms with Gasteiger partial charge < -0.3 is 10.4 Å². The van der Waals surface area contributed by atoms with E-state index in [2.05, 4.69) is 5.32 Å². The zero-order chi connectivity index (χ0) is 14.7. The minimum absolute atomic E-state index is 0.0208. The van der Waals surface area contributed by atoms with Gasteiger partial charge >= 0.3 is 5.97 Å². The van der Waals surface area contributed by atoms with E-state index in [1.807, 2.05) is 0 Å². The van der Waals surface area contributed by atoms with E-state index in [0.29, 0.717) is 6.42 Å². The average Bonchev–Trinajstić information content (AvgIpc) is 3.09. The van der Waals surface area contributed by atoms with Gasteiger partial charge in [0.2, 0.25) is 5.91 Å². The zero-order valence-electron chi connectivity index (χ0n) is 11.3. The van der Waals surface area contributed by atoms with Gasteiger partial charge in [0, 0.05) is 11.8 Å². The van der Waals surface area contributed by atoms with Gasteiger partial charge in [0.15, 0.2) is 0 Å². The Hall–Kier alpha value is -1.11. The number of hydrogen-bond acceptors (Lipinski definition) is 4. The molecule has 19 heavy (non-hydrogen) atoms. The van der Waals surface area contributed by atoms with Crippen molar-refractivity contribution in [3.63, 3.8) is 0 Å². The molecule has 0 aromatic heterocycles. The number of carboxylic acid groups (broad SMARTS) is 1. The molecule has 1 atom stereocenters. The standard InChI is InChI=1S/C12H21NO5S/c1-3-7-19(17,18)8-6-12(2,11(15)16)10(14)13-9-4-5-9/h9H,3-8H2,1-2H3,(H,13,14)(H,15,16). The highest BCUT2D eigenvalue weighted by atomic mass is 32.2. The van der Waals surface area contributed by atoms with Gasteiger partial charge in [0.05, 0.1) is 5.75 Å². The number of sulfone groups is 1. The molecule has 0 heterocycles. The van der Waals surface area contributed by atoms with Crippen molar-refractivity contribution in [1.29, 1.82) is 0 Å². The van der Waals surface area contributed by atoms with Gasteiger partial charge in [-0.15, -0.1) is 0 Å². The summed E-state index contributed by atoms with van der Waals surface area (Å²) in [4.78, 5) is 23.2. The topological polar surface area (TPSA) is 101 Å². The lowest BCUT2D eigenvalue weighted by atomic mass is 9.86. The van der Waals surface area contributed by atoms with E-state index < -0.39 is 27.1 Å². The first-order chi connectivity index (χ1) is 8.71. The fourth-order valence-corrected chi connectivity index (χ4v) is 3.21. The molecule has 0 aromatic rings. The van der Waals surface area contributed by atoms with Gasteiger partial charge in [-0.2, -0.15) is 0 Å². The molecule has 2 N–H and O–H groups in total. The molecule has 1 aliphatic carbocycles. The smallest absolute Gasteiger partial charge is 0.318 e. The Morgan fingerprint density at radius 3 is 2.32 bits per heavy atom. The third-order valence-corrected chi connectivity index (χ3v) is 5.17. The summed E-state index contributed by atoms with van der Waals surface area (Å²) in [6.45, 7) is 3.03. The molecule has 110 valence electrons. The number of carboxylic acids is 1. The molecule has 0 aromatic carbocycles. The summed E-state index contributed by atoms with van der Waals surface area (Å²) in [7, 11) is -3.29. The molecule has 0 bridgehead atoms. The lowest BCUT2D eigenvalue weighted by Crippen LogP contribution is -2.46. The van der Waals surface area contributed by atoms with E-state index in [1.165, 1.54) is 6.92 Å². The highest BCUT2D eigenvalue weighted by Gasteiger charge is 2.43. The minimum atomic E-state index is -3.29. The first-order valence-corrected chi connectivity index (χ1v) is 8.28. The Kier molecular flexibility index (Phi) is 4.95. The third-order valence-electron chi connectivity index (χ3n) is 3.31. The van der Waals surface area contributed by atoms with Crippen LogP contribution in [0.2, 0.25) is 0 Å². The Morgan fingerprint density at radius 2 is 1.89 bits per heavy atom. The maximum absolute atomic E-state index is 11.9. The fourth-order valence-electron chi connectivity index (χ4n) is 1.66. The number of carbonyl (C=O) groups excluding carboxylic acids is 1. The maximum Gasteiger partial charge on any atom is 0.318 e. The average molecular weight is 291 g/mol. The van der Waals surface area contributed by atoms with E-state index in [4.69, 9.17) is 0 Å². The lowest BCUT2D eigenvalue weighted by Gasteiger charge is -2.23. The molecule has 0 aliphatic heterocycles. The number of rotatable bonds is 8. The highest BCUT2D eigenvalue weighted by molar-refractivity contribution is 7.91. The van der Waals surface area contributed by atoms with Crippen molar-refractivity contribution in [2.75, 3.05) is 11.5 Å². The van der Waals surface area contributed by atoms with Crippen molar-refractivity contribution in [3.8, 4) is 0 Å². The zero-order valence-corrected chi connectivity index (χ0v) is 12.1. The number of aliphatic carboxylic acids is 1. The van der Waals surface area contributed by atoms with E-state index >= 15 is 0 Å². The highest BCUT2D eigenvalue weighted by Crippen LogP contribution is 2.27.